The first-order chi connectivity index (χ1) is 11.0. The Balaban J connectivity index is 1.78. The molecule has 0 N–H and O–H groups in total. The van der Waals surface area contributed by atoms with Gasteiger partial charge in [-0.2, -0.15) is 4.31 Å². The van der Waals surface area contributed by atoms with E-state index in [0.29, 0.717) is 12.8 Å². The zero-order valence-corrected chi connectivity index (χ0v) is 13.1. The van der Waals surface area contributed by atoms with E-state index in [1.165, 1.54) is 0 Å². The zero-order chi connectivity index (χ0) is 16.4. The first-order valence-electron chi connectivity index (χ1n) is 7.32. The van der Waals surface area contributed by atoms with Crippen LogP contribution in [0.15, 0.2) is 47.5 Å². The third-order valence-electron chi connectivity index (χ3n) is 3.99. The molecule has 23 heavy (non-hydrogen) atoms. The van der Waals surface area contributed by atoms with Crippen LogP contribution in [0.2, 0.25) is 0 Å². The second-order valence-electron chi connectivity index (χ2n) is 5.59. The van der Waals surface area contributed by atoms with E-state index in [-0.39, 0.29) is 19.0 Å². The topological polar surface area (TPSA) is 50.3 Å². The number of pyridine rings is 1. The molecule has 7 heteroatoms. The third-order valence-corrected chi connectivity index (χ3v) is 5.91. The van der Waals surface area contributed by atoms with E-state index in [4.69, 9.17) is 0 Å². The molecule has 0 spiro atoms. The first kappa shape index (κ1) is 16.0. The van der Waals surface area contributed by atoms with Crippen molar-refractivity contribution in [3.63, 3.8) is 0 Å². The van der Waals surface area contributed by atoms with Gasteiger partial charge in [-0.25, -0.2) is 17.2 Å². The Kier molecular flexibility index (Phi) is 4.41. The van der Waals surface area contributed by atoms with Gasteiger partial charge in [-0.1, -0.05) is 12.1 Å². The number of halogens is 2. The summed E-state index contributed by atoms with van der Waals surface area (Å²) in [6, 6.07) is 8.64. The summed E-state index contributed by atoms with van der Waals surface area (Å²) in [4.78, 5) is 3.37. The quantitative estimate of drug-likeness (QED) is 0.861. The number of hydrogen-bond acceptors (Lipinski definition) is 3. The van der Waals surface area contributed by atoms with Gasteiger partial charge >= 0.3 is 0 Å². The molecule has 4 nitrogen and oxygen atoms in total. The van der Waals surface area contributed by atoms with Crippen molar-refractivity contribution in [2.45, 2.75) is 17.7 Å². The van der Waals surface area contributed by atoms with E-state index in [2.05, 4.69) is 4.98 Å². The molecule has 0 amide bonds. The van der Waals surface area contributed by atoms with Crippen LogP contribution in [0, 0.1) is 17.6 Å². The molecule has 1 aliphatic heterocycles. The van der Waals surface area contributed by atoms with Gasteiger partial charge in [-0.15, -0.1) is 0 Å². The monoisotopic (exact) mass is 338 g/mol. The summed E-state index contributed by atoms with van der Waals surface area (Å²) in [6.45, 7) is 0.500. The molecule has 1 fully saturated rings. The van der Waals surface area contributed by atoms with Crippen molar-refractivity contribution < 1.29 is 17.2 Å². The highest BCUT2D eigenvalue weighted by atomic mass is 32.2. The van der Waals surface area contributed by atoms with Crippen LogP contribution < -0.4 is 0 Å². The van der Waals surface area contributed by atoms with Crippen LogP contribution >= 0.6 is 0 Å². The minimum atomic E-state index is -4.16. The summed E-state index contributed by atoms with van der Waals surface area (Å²) in [6.07, 6.45) is 2.98. The second-order valence-corrected chi connectivity index (χ2v) is 7.47. The van der Waals surface area contributed by atoms with Crippen LogP contribution in [0.5, 0.6) is 0 Å². The van der Waals surface area contributed by atoms with E-state index in [1.807, 2.05) is 18.2 Å². The van der Waals surface area contributed by atoms with Gasteiger partial charge in [0.05, 0.1) is 0 Å². The molecule has 2 aromatic rings. The van der Waals surface area contributed by atoms with Gasteiger partial charge in [0, 0.05) is 25.0 Å². The smallest absolute Gasteiger partial charge is 0.248 e. The predicted molar refractivity (Wildman–Crippen MR) is 81.2 cm³/mol. The van der Waals surface area contributed by atoms with Gasteiger partial charge < -0.3 is 0 Å². The fraction of sp³-hybridized carbons (Fsp3) is 0.312. The maximum Gasteiger partial charge on any atom is 0.248 e. The molecular formula is C16H16F2N2O2S. The van der Waals surface area contributed by atoms with E-state index in [9.17, 15) is 17.2 Å². The summed E-state index contributed by atoms with van der Waals surface area (Å²) in [7, 11) is -4.16. The Hall–Kier alpha value is -1.86. The highest BCUT2D eigenvalue weighted by molar-refractivity contribution is 7.89. The van der Waals surface area contributed by atoms with Gasteiger partial charge in [-0.3, -0.25) is 4.98 Å². The molecule has 0 radical (unpaired) electrons. The molecule has 122 valence electrons. The fourth-order valence-electron chi connectivity index (χ4n) is 2.85. The molecule has 1 saturated heterocycles. The minimum Gasteiger partial charge on any atom is -0.261 e. The SMILES string of the molecule is O=S(=O)(c1c(F)cccc1F)N1CCC(Cc2ccccn2)C1. The maximum atomic E-state index is 13.8. The lowest BCUT2D eigenvalue weighted by atomic mass is 10.0. The minimum absolute atomic E-state index is 0.0921. The fourth-order valence-corrected chi connectivity index (χ4v) is 4.49. The predicted octanol–water partition coefficient (Wildman–Crippen LogP) is 2.61. The van der Waals surface area contributed by atoms with Crippen molar-refractivity contribution in [2.24, 2.45) is 5.92 Å². The molecular weight excluding hydrogens is 322 g/mol. The van der Waals surface area contributed by atoms with Crippen LogP contribution in [-0.4, -0.2) is 30.8 Å². The summed E-state index contributed by atoms with van der Waals surface area (Å²) in [5.74, 6) is -2.02. The van der Waals surface area contributed by atoms with E-state index in [1.54, 1.807) is 6.20 Å². The number of hydrogen-bond donors (Lipinski definition) is 0. The number of sulfonamides is 1. The average molecular weight is 338 g/mol. The Morgan fingerprint density at radius 3 is 2.52 bits per heavy atom. The molecule has 0 aliphatic carbocycles. The van der Waals surface area contributed by atoms with Crippen molar-refractivity contribution in [3.05, 3.63) is 59.9 Å². The second kappa shape index (κ2) is 6.33. The molecule has 0 saturated carbocycles. The molecule has 1 aliphatic rings. The Bertz CT molecular complexity index is 777. The summed E-state index contributed by atoms with van der Waals surface area (Å²) >= 11 is 0. The molecule has 1 aromatic carbocycles. The average Bonchev–Trinajstić information content (AvgIpc) is 2.97. The van der Waals surface area contributed by atoms with Crippen LogP contribution in [0.25, 0.3) is 0 Å². The first-order valence-corrected chi connectivity index (χ1v) is 8.76. The summed E-state index contributed by atoms with van der Waals surface area (Å²) < 4.78 is 53.7. The number of rotatable bonds is 4. The van der Waals surface area contributed by atoms with Crippen molar-refractivity contribution >= 4 is 10.0 Å². The lowest BCUT2D eigenvalue weighted by Crippen LogP contribution is -2.30. The third kappa shape index (κ3) is 3.25. The molecule has 1 aromatic heterocycles. The molecule has 3 rings (SSSR count). The van der Waals surface area contributed by atoms with Crippen molar-refractivity contribution in [3.8, 4) is 0 Å². The van der Waals surface area contributed by atoms with Crippen molar-refractivity contribution in [1.29, 1.82) is 0 Å². The standard InChI is InChI=1S/C16H16F2N2O2S/c17-14-5-3-6-15(18)16(14)23(21,22)20-9-7-12(11-20)10-13-4-1-2-8-19-13/h1-6,8,12H,7,9-11H2. The lowest BCUT2D eigenvalue weighted by molar-refractivity contribution is 0.440. The Morgan fingerprint density at radius 1 is 1.13 bits per heavy atom. The normalized spacial score (nSPS) is 19.1. The van der Waals surface area contributed by atoms with Crippen molar-refractivity contribution in [1.82, 2.24) is 9.29 Å². The zero-order valence-electron chi connectivity index (χ0n) is 12.3. The summed E-state index contributed by atoms with van der Waals surface area (Å²) in [5, 5.41) is 0. The maximum absolute atomic E-state index is 13.8. The Labute approximate surface area is 133 Å². The van der Waals surface area contributed by atoms with Crippen LogP contribution in [0.1, 0.15) is 12.1 Å². The largest absolute Gasteiger partial charge is 0.261 e. The Morgan fingerprint density at radius 2 is 1.87 bits per heavy atom. The molecule has 0 bridgehead atoms. The summed E-state index contributed by atoms with van der Waals surface area (Å²) in [5.41, 5.74) is 0.883. The van der Waals surface area contributed by atoms with Gasteiger partial charge in [0.25, 0.3) is 0 Å². The number of benzene rings is 1. The van der Waals surface area contributed by atoms with Gasteiger partial charge in [0.15, 0.2) is 4.90 Å². The molecule has 1 atom stereocenters. The highest BCUT2D eigenvalue weighted by Crippen LogP contribution is 2.28. The van der Waals surface area contributed by atoms with Gasteiger partial charge in [-0.05, 0) is 43.0 Å². The van der Waals surface area contributed by atoms with Gasteiger partial charge in [0.1, 0.15) is 11.6 Å². The van der Waals surface area contributed by atoms with E-state index < -0.39 is 26.6 Å². The number of aromatic nitrogens is 1. The van der Waals surface area contributed by atoms with Crippen molar-refractivity contribution in [2.75, 3.05) is 13.1 Å². The lowest BCUT2D eigenvalue weighted by Gasteiger charge is -2.17. The molecule has 2 heterocycles. The molecule has 1 unspecified atom stereocenters. The van der Waals surface area contributed by atoms with Crippen LogP contribution in [-0.2, 0) is 16.4 Å². The number of nitrogens with zero attached hydrogens (tertiary/aromatic N) is 2. The van der Waals surface area contributed by atoms with Crippen LogP contribution in [0.3, 0.4) is 0 Å². The van der Waals surface area contributed by atoms with E-state index in [0.717, 1.165) is 28.2 Å². The van der Waals surface area contributed by atoms with Gasteiger partial charge in [0.2, 0.25) is 10.0 Å². The highest BCUT2D eigenvalue weighted by Gasteiger charge is 2.36. The van der Waals surface area contributed by atoms with Crippen LogP contribution in [0.4, 0.5) is 8.78 Å². The van der Waals surface area contributed by atoms with E-state index >= 15 is 0 Å².